The number of morpholine rings is 1. The van der Waals surface area contributed by atoms with Gasteiger partial charge in [0.25, 0.3) is 0 Å². The zero-order valence-electron chi connectivity index (χ0n) is 16.2. The van der Waals surface area contributed by atoms with Crippen LogP contribution in [0.2, 0.25) is 0 Å². The zero-order valence-corrected chi connectivity index (χ0v) is 18.6. The first-order chi connectivity index (χ1) is 12.8. The van der Waals surface area contributed by atoms with Gasteiger partial charge in [-0.05, 0) is 50.0 Å². The summed E-state index contributed by atoms with van der Waals surface area (Å²) in [5.74, 6) is 0.535. The number of nitrogens with two attached hydrogens (primary N) is 1. The molecule has 0 unspecified atom stereocenters. The van der Waals surface area contributed by atoms with E-state index in [2.05, 4.69) is 44.4 Å². The number of halogens is 1. The molecule has 7 heteroatoms. The normalized spacial score (nSPS) is 19.0. The third-order valence-corrected chi connectivity index (χ3v) is 5.12. The maximum atomic E-state index is 5.98. The first-order valence-corrected chi connectivity index (χ1v) is 9.94. The van der Waals surface area contributed by atoms with Gasteiger partial charge in [0.1, 0.15) is 0 Å². The SMILES string of the molecule is I.NC(=NCc1ccc(CN2CCCC2)cc1)NCCCN1CCOCC1. The topological polar surface area (TPSA) is 66.1 Å². The fourth-order valence-corrected chi connectivity index (χ4v) is 3.53. The van der Waals surface area contributed by atoms with Crippen LogP contribution in [-0.4, -0.2) is 68.2 Å². The third-order valence-electron chi connectivity index (χ3n) is 5.12. The number of aliphatic imine (C=N–C) groups is 1. The van der Waals surface area contributed by atoms with Gasteiger partial charge in [-0.25, -0.2) is 4.99 Å². The van der Waals surface area contributed by atoms with Gasteiger partial charge in [0.2, 0.25) is 0 Å². The molecule has 0 radical (unpaired) electrons. The highest BCUT2D eigenvalue weighted by molar-refractivity contribution is 14.0. The number of nitrogens with zero attached hydrogens (tertiary/aromatic N) is 3. The second kappa shape index (κ2) is 12.5. The molecule has 0 aromatic heterocycles. The van der Waals surface area contributed by atoms with E-state index in [-0.39, 0.29) is 24.0 Å². The van der Waals surface area contributed by atoms with Crippen molar-refractivity contribution in [2.75, 3.05) is 52.5 Å². The number of hydrogen-bond donors (Lipinski definition) is 2. The standard InChI is InChI=1S/C20H33N5O.HI/c21-20(22-8-3-11-24-12-14-26-15-13-24)23-16-18-4-6-19(7-5-18)17-25-9-1-2-10-25;/h4-7H,1-3,8-17H2,(H3,21,22,23);1H. The number of guanidine groups is 1. The summed E-state index contributed by atoms with van der Waals surface area (Å²) in [4.78, 5) is 9.40. The summed E-state index contributed by atoms with van der Waals surface area (Å²) < 4.78 is 5.36. The van der Waals surface area contributed by atoms with E-state index in [1.54, 1.807) is 0 Å². The zero-order chi connectivity index (χ0) is 18.0. The Balaban J connectivity index is 0.00000261. The molecule has 1 aromatic rings. The number of likely N-dealkylation sites (tertiary alicyclic amines) is 1. The van der Waals surface area contributed by atoms with E-state index >= 15 is 0 Å². The molecule has 6 nitrogen and oxygen atoms in total. The van der Waals surface area contributed by atoms with E-state index in [4.69, 9.17) is 10.5 Å². The molecule has 3 N–H and O–H groups in total. The minimum atomic E-state index is 0. The minimum absolute atomic E-state index is 0. The maximum Gasteiger partial charge on any atom is 0.188 e. The van der Waals surface area contributed by atoms with Crippen molar-refractivity contribution in [2.24, 2.45) is 10.7 Å². The van der Waals surface area contributed by atoms with Crippen LogP contribution in [0.25, 0.3) is 0 Å². The number of nitrogens with one attached hydrogen (secondary N) is 1. The summed E-state index contributed by atoms with van der Waals surface area (Å²) in [6.45, 7) is 9.90. The lowest BCUT2D eigenvalue weighted by atomic mass is 10.1. The highest BCUT2D eigenvalue weighted by Gasteiger charge is 2.11. The molecule has 0 aliphatic carbocycles. The first kappa shape index (κ1) is 22.4. The fraction of sp³-hybridized carbons (Fsp3) is 0.650. The molecular formula is C20H34IN5O. The lowest BCUT2D eigenvalue weighted by Gasteiger charge is -2.26. The van der Waals surface area contributed by atoms with Gasteiger partial charge in [-0.3, -0.25) is 9.80 Å². The quantitative estimate of drug-likeness (QED) is 0.254. The highest BCUT2D eigenvalue weighted by Crippen LogP contribution is 2.13. The average molecular weight is 487 g/mol. The Morgan fingerprint density at radius 1 is 1.00 bits per heavy atom. The lowest BCUT2D eigenvalue weighted by Crippen LogP contribution is -2.39. The van der Waals surface area contributed by atoms with Crippen molar-refractivity contribution in [3.8, 4) is 0 Å². The molecule has 2 fully saturated rings. The van der Waals surface area contributed by atoms with Gasteiger partial charge >= 0.3 is 0 Å². The summed E-state index contributed by atoms with van der Waals surface area (Å²) in [6.07, 6.45) is 3.75. The van der Waals surface area contributed by atoms with E-state index in [1.807, 2.05) is 0 Å². The molecule has 3 rings (SSSR count). The molecule has 2 aliphatic heterocycles. The Morgan fingerprint density at radius 3 is 2.37 bits per heavy atom. The van der Waals surface area contributed by atoms with Crippen molar-refractivity contribution in [3.05, 3.63) is 35.4 Å². The smallest absolute Gasteiger partial charge is 0.188 e. The summed E-state index contributed by atoms with van der Waals surface area (Å²) in [5.41, 5.74) is 8.56. The lowest BCUT2D eigenvalue weighted by molar-refractivity contribution is 0.0376. The van der Waals surface area contributed by atoms with Crippen LogP contribution in [-0.2, 0) is 17.8 Å². The van der Waals surface area contributed by atoms with Crippen LogP contribution in [0, 0.1) is 0 Å². The van der Waals surface area contributed by atoms with Crippen LogP contribution in [0.4, 0.5) is 0 Å². The summed E-state index contributed by atoms with van der Waals surface area (Å²) in [7, 11) is 0. The molecule has 1 aromatic carbocycles. The van der Waals surface area contributed by atoms with Crippen LogP contribution >= 0.6 is 24.0 Å². The molecule has 0 spiro atoms. The molecule has 2 aliphatic rings. The summed E-state index contributed by atoms with van der Waals surface area (Å²) in [5, 5.41) is 3.22. The van der Waals surface area contributed by atoms with Gasteiger partial charge in [0.15, 0.2) is 5.96 Å². The average Bonchev–Trinajstić information content (AvgIpc) is 3.19. The molecule has 2 saturated heterocycles. The highest BCUT2D eigenvalue weighted by atomic mass is 127. The van der Waals surface area contributed by atoms with Crippen molar-refractivity contribution in [1.82, 2.24) is 15.1 Å². The Hall–Kier alpha value is -0.900. The van der Waals surface area contributed by atoms with Gasteiger partial charge in [-0.2, -0.15) is 0 Å². The predicted octanol–water partition coefficient (Wildman–Crippen LogP) is 2.03. The molecule has 0 bridgehead atoms. The molecule has 0 amide bonds. The van der Waals surface area contributed by atoms with E-state index in [0.717, 1.165) is 52.4 Å². The van der Waals surface area contributed by atoms with Gasteiger partial charge in [0, 0.05) is 26.2 Å². The van der Waals surface area contributed by atoms with E-state index < -0.39 is 0 Å². The maximum absolute atomic E-state index is 5.98. The van der Waals surface area contributed by atoms with Crippen LogP contribution in [0.1, 0.15) is 30.4 Å². The Morgan fingerprint density at radius 2 is 1.67 bits per heavy atom. The summed E-state index contributed by atoms with van der Waals surface area (Å²) >= 11 is 0. The monoisotopic (exact) mass is 487 g/mol. The van der Waals surface area contributed by atoms with Gasteiger partial charge in [-0.15, -0.1) is 24.0 Å². The second-order valence-corrected chi connectivity index (χ2v) is 7.24. The van der Waals surface area contributed by atoms with Crippen LogP contribution in [0.3, 0.4) is 0 Å². The van der Waals surface area contributed by atoms with Crippen molar-refractivity contribution < 1.29 is 4.74 Å². The fourth-order valence-electron chi connectivity index (χ4n) is 3.53. The molecular weight excluding hydrogens is 453 g/mol. The molecule has 2 heterocycles. The predicted molar refractivity (Wildman–Crippen MR) is 122 cm³/mol. The van der Waals surface area contributed by atoms with E-state index in [1.165, 1.54) is 37.1 Å². The van der Waals surface area contributed by atoms with Crippen LogP contribution in [0.5, 0.6) is 0 Å². The molecule has 0 saturated carbocycles. The number of ether oxygens (including phenoxy) is 1. The van der Waals surface area contributed by atoms with Gasteiger partial charge in [0.05, 0.1) is 19.8 Å². The van der Waals surface area contributed by atoms with Gasteiger partial charge < -0.3 is 15.8 Å². The number of hydrogen-bond acceptors (Lipinski definition) is 4. The van der Waals surface area contributed by atoms with Crippen molar-refractivity contribution in [2.45, 2.75) is 32.4 Å². The largest absolute Gasteiger partial charge is 0.379 e. The van der Waals surface area contributed by atoms with E-state index in [9.17, 15) is 0 Å². The molecule has 152 valence electrons. The Labute approximate surface area is 180 Å². The molecule has 0 atom stereocenters. The van der Waals surface area contributed by atoms with Crippen LogP contribution < -0.4 is 11.1 Å². The van der Waals surface area contributed by atoms with E-state index in [0.29, 0.717) is 12.5 Å². The number of rotatable bonds is 8. The first-order valence-electron chi connectivity index (χ1n) is 9.94. The second-order valence-electron chi connectivity index (χ2n) is 7.24. The Bertz CT molecular complexity index is 554. The Kier molecular flexibility index (Phi) is 10.4. The molecule has 27 heavy (non-hydrogen) atoms. The third kappa shape index (κ3) is 8.33. The van der Waals surface area contributed by atoms with Crippen molar-refractivity contribution >= 4 is 29.9 Å². The van der Waals surface area contributed by atoms with Crippen molar-refractivity contribution in [1.29, 1.82) is 0 Å². The number of benzene rings is 1. The van der Waals surface area contributed by atoms with Gasteiger partial charge in [-0.1, -0.05) is 24.3 Å². The van der Waals surface area contributed by atoms with Crippen LogP contribution in [0.15, 0.2) is 29.3 Å². The minimum Gasteiger partial charge on any atom is -0.379 e. The summed E-state index contributed by atoms with van der Waals surface area (Å²) in [6, 6.07) is 8.77. The van der Waals surface area contributed by atoms with Crippen molar-refractivity contribution in [3.63, 3.8) is 0 Å².